The number of aliphatic hydroxyl groups is 1. The van der Waals surface area contributed by atoms with Gasteiger partial charge in [-0.2, -0.15) is 0 Å². The minimum Gasteiger partial charge on any atom is -0.387 e. The third-order valence-corrected chi connectivity index (χ3v) is 5.75. The number of carbonyl (C=O) groups excluding carboxylic acids is 1. The molecule has 0 spiro atoms. The van der Waals surface area contributed by atoms with Gasteiger partial charge in [0.05, 0.1) is 6.10 Å². The summed E-state index contributed by atoms with van der Waals surface area (Å²) in [6.07, 6.45) is 6.36. The van der Waals surface area contributed by atoms with Gasteiger partial charge < -0.3 is 14.9 Å². The molecule has 1 aliphatic carbocycles. The number of fused-ring (bicyclic) bond motifs is 1. The Morgan fingerprint density at radius 1 is 1.25 bits per heavy atom. The maximum Gasteiger partial charge on any atom is 0.230 e. The van der Waals surface area contributed by atoms with E-state index in [1.54, 1.807) is 0 Å². The molecule has 0 unspecified atom stereocenters. The molecule has 1 aromatic rings. The van der Waals surface area contributed by atoms with Crippen molar-refractivity contribution in [3.05, 3.63) is 29.3 Å². The molecule has 2 fully saturated rings. The summed E-state index contributed by atoms with van der Waals surface area (Å²) in [7, 11) is 0. The summed E-state index contributed by atoms with van der Waals surface area (Å²) in [5.74, 6) is 0.547. The first kappa shape index (κ1) is 16.1. The Morgan fingerprint density at radius 2 is 2.00 bits per heavy atom. The highest BCUT2D eigenvalue weighted by Crippen LogP contribution is 2.39. The summed E-state index contributed by atoms with van der Waals surface area (Å²) >= 11 is 0. The minimum atomic E-state index is -0.433. The summed E-state index contributed by atoms with van der Waals surface area (Å²) < 4.78 is 0. The van der Waals surface area contributed by atoms with E-state index in [0.29, 0.717) is 5.91 Å². The van der Waals surface area contributed by atoms with Gasteiger partial charge in [0.2, 0.25) is 5.91 Å². The SMILES string of the molecule is C[C@@H]1Cc2cc([C@@H](O)CN3CCCCC3)ccc2N1C(=O)C1CC1. The van der Waals surface area contributed by atoms with Crippen LogP contribution in [0.1, 0.15) is 56.3 Å². The van der Waals surface area contributed by atoms with Gasteiger partial charge >= 0.3 is 0 Å². The second-order valence-electron chi connectivity index (χ2n) is 7.80. The van der Waals surface area contributed by atoms with Gasteiger partial charge in [-0.3, -0.25) is 4.79 Å². The second-order valence-corrected chi connectivity index (χ2v) is 7.80. The molecule has 1 amide bonds. The third-order valence-electron chi connectivity index (χ3n) is 5.75. The highest BCUT2D eigenvalue weighted by Gasteiger charge is 2.39. The van der Waals surface area contributed by atoms with Crippen LogP contribution in [0.25, 0.3) is 0 Å². The summed E-state index contributed by atoms with van der Waals surface area (Å²) in [4.78, 5) is 16.9. The molecule has 130 valence electrons. The van der Waals surface area contributed by atoms with E-state index in [0.717, 1.165) is 50.1 Å². The van der Waals surface area contributed by atoms with Crippen LogP contribution in [0.3, 0.4) is 0 Å². The van der Waals surface area contributed by atoms with Crippen molar-refractivity contribution in [1.82, 2.24) is 4.90 Å². The van der Waals surface area contributed by atoms with E-state index in [9.17, 15) is 9.90 Å². The number of anilines is 1. The van der Waals surface area contributed by atoms with Gasteiger partial charge in [-0.15, -0.1) is 0 Å². The lowest BCUT2D eigenvalue weighted by Crippen LogP contribution is -2.36. The van der Waals surface area contributed by atoms with Crippen molar-refractivity contribution >= 4 is 11.6 Å². The number of piperidine rings is 1. The Balaban J connectivity index is 1.49. The summed E-state index contributed by atoms with van der Waals surface area (Å²) in [6, 6.07) is 6.43. The minimum absolute atomic E-state index is 0.239. The Bertz CT molecular complexity index is 620. The van der Waals surface area contributed by atoms with E-state index in [2.05, 4.69) is 17.9 Å². The summed E-state index contributed by atoms with van der Waals surface area (Å²) in [5, 5.41) is 10.6. The van der Waals surface area contributed by atoms with E-state index in [1.165, 1.54) is 24.8 Å². The fraction of sp³-hybridized carbons (Fsp3) is 0.650. The number of aliphatic hydroxyl groups excluding tert-OH is 1. The van der Waals surface area contributed by atoms with Crippen LogP contribution in [0.4, 0.5) is 5.69 Å². The average Bonchev–Trinajstić information content (AvgIpc) is 3.37. The van der Waals surface area contributed by atoms with Crippen LogP contribution >= 0.6 is 0 Å². The van der Waals surface area contributed by atoms with Crippen molar-refractivity contribution in [2.24, 2.45) is 5.92 Å². The average molecular weight is 328 g/mol. The van der Waals surface area contributed by atoms with Crippen LogP contribution in [-0.4, -0.2) is 41.6 Å². The van der Waals surface area contributed by atoms with Gasteiger partial charge in [-0.1, -0.05) is 18.6 Å². The first-order valence-electron chi connectivity index (χ1n) is 9.50. The number of nitrogens with zero attached hydrogens (tertiary/aromatic N) is 2. The summed E-state index contributed by atoms with van der Waals surface area (Å²) in [5.41, 5.74) is 3.27. The fourth-order valence-electron chi connectivity index (χ4n) is 4.21. The van der Waals surface area contributed by atoms with Crippen molar-refractivity contribution < 1.29 is 9.90 Å². The number of β-amino-alcohol motifs (C(OH)–C–C–N with tert-alkyl or cyclic N) is 1. The number of benzene rings is 1. The third kappa shape index (κ3) is 3.09. The van der Waals surface area contributed by atoms with Crippen molar-refractivity contribution in [3.8, 4) is 0 Å². The van der Waals surface area contributed by atoms with Crippen molar-refractivity contribution in [2.45, 2.75) is 57.6 Å². The summed E-state index contributed by atoms with van der Waals surface area (Å²) in [6.45, 7) is 5.05. The monoisotopic (exact) mass is 328 g/mol. The molecule has 4 heteroatoms. The topological polar surface area (TPSA) is 43.8 Å². The van der Waals surface area contributed by atoms with Crippen LogP contribution in [0.15, 0.2) is 18.2 Å². The van der Waals surface area contributed by atoms with Crippen molar-refractivity contribution in [3.63, 3.8) is 0 Å². The Labute approximate surface area is 144 Å². The smallest absolute Gasteiger partial charge is 0.230 e. The molecule has 0 aromatic heterocycles. The van der Waals surface area contributed by atoms with E-state index in [4.69, 9.17) is 0 Å². The molecule has 1 N–H and O–H groups in total. The number of rotatable bonds is 4. The number of likely N-dealkylation sites (tertiary alicyclic amines) is 1. The van der Waals surface area contributed by atoms with Crippen LogP contribution in [0.5, 0.6) is 0 Å². The number of hydrogen-bond donors (Lipinski definition) is 1. The van der Waals surface area contributed by atoms with Gasteiger partial charge in [0.25, 0.3) is 0 Å². The zero-order valence-corrected chi connectivity index (χ0v) is 14.6. The lowest BCUT2D eigenvalue weighted by Gasteiger charge is -2.28. The molecule has 4 nitrogen and oxygen atoms in total. The first-order valence-corrected chi connectivity index (χ1v) is 9.50. The van der Waals surface area contributed by atoms with Crippen LogP contribution < -0.4 is 4.90 Å². The molecule has 4 rings (SSSR count). The van der Waals surface area contributed by atoms with E-state index in [-0.39, 0.29) is 12.0 Å². The van der Waals surface area contributed by atoms with Crippen LogP contribution in [-0.2, 0) is 11.2 Å². The maximum atomic E-state index is 12.5. The molecule has 1 aromatic carbocycles. The maximum absolute atomic E-state index is 12.5. The molecule has 2 atom stereocenters. The molecule has 3 aliphatic rings. The molecule has 24 heavy (non-hydrogen) atoms. The second kappa shape index (κ2) is 6.49. The molecule has 1 saturated carbocycles. The lowest BCUT2D eigenvalue weighted by atomic mass is 10.0. The lowest BCUT2D eigenvalue weighted by molar-refractivity contribution is -0.120. The van der Waals surface area contributed by atoms with E-state index < -0.39 is 6.10 Å². The predicted octanol–water partition coefficient (Wildman–Crippen LogP) is 2.89. The number of carbonyl (C=O) groups is 1. The Kier molecular flexibility index (Phi) is 4.35. The highest BCUT2D eigenvalue weighted by atomic mass is 16.3. The Hall–Kier alpha value is -1.39. The van der Waals surface area contributed by atoms with Gasteiger partial charge in [-0.05, 0) is 69.3 Å². The predicted molar refractivity (Wildman–Crippen MR) is 95.1 cm³/mol. The standard InChI is InChI=1S/C20H28N2O2/c1-14-11-17-12-16(19(23)13-21-9-3-2-4-10-21)7-8-18(17)22(14)20(24)15-5-6-15/h7-8,12,14-15,19,23H,2-6,9-11,13H2,1H3/t14-,19+/m1/s1. The molecule has 0 radical (unpaired) electrons. The number of hydrogen-bond acceptors (Lipinski definition) is 3. The fourth-order valence-corrected chi connectivity index (χ4v) is 4.21. The zero-order valence-electron chi connectivity index (χ0n) is 14.6. The zero-order chi connectivity index (χ0) is 16.7. The van der Waals surface area contributed by atoms with Gasteiger partial charge in [-0.25, -0.2) is 0 Å². The van der Waals surface area contributed by atoms with Gasteiger partial charge in [0.15, 0.2) is 0 Å². The van der Waals surface area contributed by atoms with Crippen LogP contribution in [0.2, 0.25) is 0 Å². The quantitative estimate of drug-likeness (QED) is 0.924. The highest BCUT2D eigenvalue weighted by molar-refractivity contribution is 5.98. The van der Waals surface area contributed by atoms with Crippen molar-refractivity contribution in [2.75, 3.05) is 24.5 Å². The van der Waals surface area contributed by atoms with Gasteiger partial charge in [0.1, 0.15) is 0 Å². The van der Waals surface area contributed by atoms with Gasteiger partial charge in [0, 0.05) is 24.2 Å². The molecule has 1 saturated heterocycles. The molecule has 2 aliphatic heterocycles. The van der Waals surface area contributed by atoms with Crippen molar-refractivity contribution in [1.29, 1.82) is 0 Å². The molecule has 2 heterocycles. The largest absolute Gasteiger partial charge is 0.387 e. The van der Waals surface area contributed by atoms with E-state index >= 15 is 0 Å². The van der Waals surface area contributed by atoms with E-state index in [1.807, 2.05) is 17.0 Å². The Morgan fingerprint density at radius 3 is 2.71 bits per heavy atom. The normalized spacial score (nSPS) is 25.6. The molecule has 0 bridgehead atoms. The number of amides is 1. The molecular weight excluding hydrogens is 300 g/mol. The first-order chi connectivity index (χ1) is 11.6. The van der Waals surface area contributed by atoms with Crippen LogP contribution in [0, 0.1) is 5.92 Å². The molecular formula is C20H28N2O2.